The van der Waals surface area contributed by atoms with E-state index in [1.54, 1.807) is 12.1 Å². The third-order valence-corrected chi connectivity index (χ3v) is 5.05. The van der Waals surface area contributed by atoms with Gasteiger partial charge in [0.2, 0.25) is 15.9 Å². The predicted octanol–water partition coefficient (Wildman–Crippen LogP) is 3.96. The van der Waals surface area contributed by atoms with Crippen LogP contribution in [-0.4, -0.2) is 27.1 Å². The molecule has 2 rings (SSSR count). The molecule has 1 amide bonds. The lowest BCUT2D eigenvalue weighted by Gasteiger charge is -2.22. The molecule has 0 bridgehead atoms. The summed E-state index contributed by atoms with van der Waals surface area (Å²) in [7, 11) is -3.69. The third-order valence-electron chi connectivity index (χ3n) is 3.47. The van der Waals surface area contributed by atoms with Gasteiger partial charge in [-0.2, -0.15) is 0 Å². The minimum absolute atomic E-state index is 0.233. The van der Waals surface area contributed by atoms with Crippen molar-refractivity contribution in [3.63, 3.8) is 0 Å². The zero-order valence-electron chi connectivity index (χ0n) is 13.8. The molecule has 2 aromatic carbocycles. The first-order chi connectivity index (χ1) is 11.7. The second kappa shape index (κ2) is 8.08. The monoisotopic (exact) mass is 400 g/mol. The van der Waals surface area contributed by atoms with Crippen LogP contribution in [0.3, 0.4) is 0 Å². The Kier molecular flexibility index (Phi) is 6.32. The van der Waals surface area contributed by atoms with E-state index in [2.05, 4.69) is 5.32 Å². The number of carbonyl (C=O) groups excluding carboxylic acids is 1. The Balaban J connectivity index is 2.20. The van der Waals surface area contributed by atoms with E-state index in [1.165, 1.54) is 18.2 Å². The Morgan fingerprint density at radius 2 is 1.64 bits per heavy atom. The van der Waals surface area contributed by atoms with Gasteiger partial charge in [-0.3, -0.25) is 9.10 Å². The Morgan fingerprint density at radius 3 is 2.12 bits per heavy atom. The van der Waals surface area contributed by atoms with Crippen LogP contribution < -0.4 is 9.62 Å². The summed E-state index contributed by atoms with van der Waals surface area (Å²) in [6, 6.07) is 11.7. The van der Waals surface area contributed by atoms with Crippen LogP contribution in [0.2, 0.25) is 10.0 Å². The molecule has 8 heteroatoms. The molecule has 0 aliphatic heterocycles. The van der Waals surface area contributed by atoms with Gasteiger partial charge in [0.05, 0.1) is 11.9 Å². The van der Waals surface area contributed by atoms with Gasteiger partial charge >= 0.3 is 0 Å². The number of benzene rings is 2. The van der Waals surface area contributed by atoms with Crippen molar-refractivity contribution in [3.05, 3.63) is 58.1 Å². The van der Waals surface area contributed by atoms with Gasteiger partial charge in [-0.15, -0.1) is 0 Å². The van der Waals surface area contributed by atoms with Gasteiger partial charge in [-0.05, 0) is 42.3 Å². The van der Waals surface area contributed by atoms with Crippen LogP contribution in [0.1, 0.15) is 12.5 Å². The number of hydrogen-bond donors (Lipinski definition) is 1. The molecule has 2 aromatic rings. The molecule has 0 saturated carbocycles. The Hall–Kier alpha value is -1.76. The number of aryl methyl sites for hydroxylation is 1. The van der Waals surface area contributed by atoms with Crippen molar-refractivity contribution < 1.29 is 13.2 Å². The maximum absolute atomic E-state index is 12.3. The number of sulfonamides is 1. The topological polar surface area (TPSA) is 66.5 Å². The highest BCUT2D eigenvalue weighted by Gasteiger charge is 2.21. The van der Waals surface area contributed by atoms with Crippen molar-refractivity contribution in [2.24, 2.45) is 0 Å². The second-order valence-electron chi connectivity index (χ2n) is 5.50. The summed E-state index contributed by atoms with van der Waals surface area (Å²) in [6.07, 6.45) is 1.91. The fourth-order valence-electron chi connectivity index (χ4n) is 2.24. The molecule has 0 unspecified atom stereocenters. The van der Waals surface area contributed by atoms with Gasteiger partial charge in [0.15, 0.2) is 0 Å². The normalized spacial score (nSPS) is 11.2. The number of nitrogens with zero attached hydrogens (tertiary/aromatic N) is 1. The zero-order chi connectivity index (χ0) is 18.6. The minimum atomic E-state index is -3.69. The lowest BCUT2D eigenvalue weighted by Crippen LogP contribution is -2.37. The number of carbonyl (C=O) groups is 1. The summed E-state index contributed by atoms with van der Waals surface area (Å²) in [5.41, 5.74) is 1.97. The van der Waals surface area contributed by atoms with Crippen molar-refractivity contribution in [1.29, 1.82) is 0 Å². The summed E-state index contributed by atoms with van der Waals surface area (Å²) in [5.74, 6) is -0.467. The molecule has 0 atom stereocenters. The number of nitrogens with one attached hydrogen (secondary N) is 1. The zero-order valence-corrected chi connectivity index (χ0v) is 16.1. The molecular formula is C17H18Cl2N2O3S. The Labute approximate surface area is 157 Å². The summed E-state index contributed by atoms with van der Waals surface area (Å²) in [4.78, 5) is 12.3. The standard InChI is InChI=1S/C17H18Cl2N2O3S/c1-3-12-4-6-15(7-5-12)20-17(22)11-21(25(2,23)24)16-9-13(18)8-14(19)10-16/h4-10H,3,11H2,1-2H3,(H,20,22). The van der Waals surface area contributed by atoms with Crippen LogP contribution in [0.25, 0.3) is 0 Å². The van der Waals surface area contributed by atoms with Gasteiger partial charge in [-0.25, -0.2) is 8.42 Å². The predicted molar refractivity (Wildman–Crippen MR) is 103 cm³/mol. The molecule has 1 N–H and O–H groups in total. The largest absolute Gasteiger partial charge is 0.325 e. The van der Waals surface area contributed by atoms with E-state index in [-0.39, 0.29) is 22.3 Å². The van der Waals surface area contributed by atoms with E-state index in [9.17, 15) is 13.2 Å². The summed E-state index contributed by atoms with van der Waals surface area (Å²) in [6.45, 7) is 1.65. The number of halogens is 2. The average Bonchev–Trinajstić information content (AvgIpc) is 2.51. The van der Waals surface area contributed by atoms with E-state index in [1.807, 2.05) is 19.1 Å². The van der Waals surface area contributed by atoms with Crippen LogP contribution in [0, 0.1) is 0 Å². The SMILES string of the molecule is CCc1ccc(NC(=O)CN(c2cc(Cl)cc(Cl)c2)S(C)(=O)=O)cc1. The molecule has 25 heavy (non-hydrogen) atoms. The number of anilines is 2. The molecule has 0 aliphatic carbocycles. The molecule has 0 radical (unpaired) electrons. The van der Waals surface area contributed by atoms with Gasteiger partial charge in [-0.1, -0.05) is 42.3 Å². The van der Waals surface area contributed by atoms with Gasteiger partial charge in [0.25, 0.3) is 0 Å². The average molecular weight is 401 g/mol. The van der Waals surface area contributed by atoms with Crippen LogP contribution in [-0.2, 0) is 21.2 Å². The summed E-state index contributed by atoms with van der Waals surface area (Å²) in [5, 5.41) is 3.25. The Bertz CT molecular complexity index is 848. The molecule has 0 aromatic heterocycles. The molecule has 5 nitrogen and oxygen atoms in total. The van der Waals surface area contributed by atoms with Crippen molar-refractivity contribution >= 4 is 50.5 Å². The van der Waals surface area contributed by atoms with Crippen molar-refractivity contribution in [3.8, 4) is 0 Å². The highest BCUT2D eigenvalue weighted by atomic mass is 35.5. The summed E-state index contributed by atoms with van der Waals surface area (Å²) >= 11 is 11.9. The van der Waals surface area contributed by atoms with E-state index < -0.39 is 15.9 Å². The maximum Gasteiger partial charge on any atom is 0.245 e. The molecule has 0 spiro atoms. The first-order valence-electron chi connectivity index (χ1n) is 7.51. The van der Waals surface area contributed by atoms with E-state index in [0.717, 1.165) is 22.5 Å². The van der Waals surface area contributed by atoms with Crippen molar-refractivity contribution in [2.45, 2.75) is 13.3 Å². The highest BCUT2D eigenvalue weighted by Crippen LogP contribution is 2.27. The maximum atomic E-state index is 12.3. The van der Waals surface area contributed by atoms with Gasteiger partial charge in [0.1, 0.15) is 6.54 Å². The van der Waals surface area contributed by atoms with Crippen LogP contribution in [0.4, 0.5) is 11.4 Å². The molecule has 0 heterocycles. The lowest BCUT2D eigenvalue weighted by atomic mass is 10.1. The summed E-state index contributed by atoms with van der Waals surface area (Å²) < 4.78 is 25.1. The van der Waals surface area contributed by atoms with Gasteiger partial charge in [0, 0.05) is 15.7 Å². The molecular weight excluding hydrogens is 383 g/mol. The fourth-order valence-corrected chi connectivity index (χ4v) is 3.59. The van der Waals surface area contributed by atoms with Crippen LogP contribution >= 0.6 is 23.2 Å². The fraction of sp³-hybridized carbons (Fsp3) is 0.235. The molecule has 0 aliphatic rings. The first-order valence-corrected chi connectivity index (χ1v) is 10.1. The molecule has 134 valence electrons. The van der Waals surface area contributed by atoms with Crippen molar-refractivity contribution in [2.75, 3.05) is 22.4 Å². The lowest BCUT2D eigenvalue weighted by molar-refractivity contribution is -0.114. The van der Waals surface area contributed by atoms with E-state index >= 15 is 0 Å². The number of amides is 1. The van der Waals surface area contributed by atoms with Gasteiger partial charge < -0.3 is 5.32 Å². The molecule has 0 fully saturated rings. The van der Waals surface area contributed by atoms with Crippen molar-refractivity contribution in [1.82, 2.24) is 0 Å². The second-order valence-corrected chi connectivity index (χ2v) is 8.28. The Morgan fingerprint density at radius 1 is 1.08 bits per heavy atom. The minimum Gasteiger partial charge on any atom is -0.325 e. The van der Waals surface area contributed by atoms with Crippen LogP contribution in [0.5, 0.6) is 0 Å². The highest BCUT2D eigenvalue weighted by molar-refractivity contribution is 7.92. The smallest absolute Gasteiger partial charge is 0.245 e. The van der Waals surface area contributed by atoms with E-state index in [0.29, 0.717) is 5.69 Å². The van der Waals surface area contributed by atoms with Crippen LogP contribution in [0.15, 0.2) is 42.5 Å². The molecule has 0 saturated heterocycles. The number of rotatable bonds is 6. The number of hydrogen-bond acceptors (Lipinski definition) is 3. The first kappa shape index (κ1) is 19.6. The van der Waals surface area contributed by atoms with E-state index in [4.69, 9.17) is 23.2 Å². The third kappa shape index (κ3) is 5.63. The quantitative estimate of drug-likeness (QED) is 0.797.